The zero-order valence-electron chi connectivity index (χ0n) is 17.4. The number of hydrazine groups is 1. The molecule has 150 valence electrons. The number of benzene rings is 1. The average molecular weight is 383 g/mol. The number of nitrogens with one attached hydrogen (secondary N) is 1. The molecule has 0 spiro atoms. The number of allylic oxidation sites excluding steroid dienone is 1. The Morgan fingerprint density at radius 1 is 1.04 bits per heavy atom. The van der Waals surface area contributed by atoms with E-state index in [9.17, 15) is 0 Å². The van der Waals surface area contributed by atoms with Crippen LogP contribution in [0.1, 0.15) is 27.7 Å². The van der Waals surface area contributed by atoms with Crippen LogP contribution in [0.4, 0.5) is 17.6 Å². The maximum Gasteiger partial charge on any atom is 0.255 e. The van der Waals surface area contributed by atoms with Gasteiger partial charge in [-0.1, -0.05) is 13.0 Å². The Morgan fingerprint density at radius 2 is 1.68 bits per heavy atom. The van der Waals surface area contributed by atoms with Gasteiger partial charge in [0, 0.05) is 50.9 Å². The highest BCUT2D eigenvalue weighted by Crippen LogP contribution is 2.24. The van der Waals surface area contributed by atoms with Gasteiger partial charge in [-0.15, -0.1) is 0 Å². The number of aromatic nitrogens is 3. The first-order valence-electron chi connectivity index (χ1n) is 9.55. The van der Waals surface area contributed by atoms with Gasteiger partial charge in [0.2, 0.25) is 5.95 Å². The van der Waals surface area contributed by atoms with Gasteiger partial charge in [0.15, 0.2) is 5.82 Å². The molecule has 0 saturated heterocycles. The van der Waals surface area contributed by atoms with Crippen LogP contribution in [0, 0.1) is 0 Å². The van der Waals surface area contributed by atoms with Gasteiger partial charge in [0.05, 0.1) is 0 Å². The Balaban J connectivity index is 2.49. The molecule has 1 aromatic carbocycles. The van der Waals surface area contributed by atoms with Crippen LogP contribution in [0.15, 0.2) is 41.6 Å². The van der Waals surface area contributed by atoms with E-state index in [1.54, 1.807) is 11.2 Å². The summed E-state index contributed by atoms with van der Waals surface area (Å²) in [7, 11) is 1.87. The summed E-state index contributed by atoms with van der Waals surface area (Å²) >= 11 is 0. The van der Waals surface area contributed by atoms with E-state index in [1.807, 2.05) is 39.1 Å². The maximum atomic E-state index is 4.63. The normalized spacial score (nSPS) is 10.9. The van der Waals surface area contributed by atoms with Crippen molar-refractivity contribution in [3.05, 3.63) is 36.5 Å². The fourth-order valence-corrected chi connectivity index (χ4v) is 2.77. The van der Waals surface area contributed by atoms with Crippen LogP contribution in [0.2, 0.25) is 0 Å². The lowest BCUT2D eigenvalue weighted by Gasteiger charge is -2.21. The third kappa shape index (κ3) is 5.04. The Labute approximate surface area is 167 Å². The van der Waals surface area contributed by atoms with Crippen molar-refractivity contribution < 1.29 is 0 Å². The van der Waals surface area contributed by atoms with Crippen LogP contribution in [0.5, 0.6) is 0 Å². The molecule has 2 aromatic rings. The predicted octanol–water partition coefficient (Wildman–Crippen LogP) is 3.30. The Hall–Kier alpha value is -3.00. The van der Waals surface area contributed by atoms with Gasteiger partial charge in [-0.05, 0) is 45.0 Å². The molecule has 0 radical (unpaired) electrons. The van der Waals surface area contributed by atoms with E-state index in [4.69, 9.17) is 0 Å². The summed E-state index contributed by atoms with van der Waals surface area (Å²) in [6.45, 7) is 14.5. The number of hydrogen-bond acceptors (Lipinski definition) is 8. The highest BCUT2D eigenvalue weighted by molar-refractivity contribution is 5.63. The minimum Gasteiger partial charge on any atom is -0.372 e. The Bertz CT molecular complexity index is 783. The lowest BCUT2D eigenvalue weighted by Crippen LogP contribution is -2.35. The van der Waals surface area contributed by atoms with E-state index in [1.165, 1.54) is 10.7 Å². The molecule has 0 aliphatic heterocycles. The molecule has 1 heterocycles. The zero-order valence-corrected chi connectivity index (χ0v) is 17.4. The minimum absolute atomic E-state index is 0.408. The van der Waals surface area contributed by atoms with Gasteiger partial charge >= 0.3 is 0 Å². The van der Waals surface area contributed by atoms with Crippen LogP contribution in [0.3, 0.4) is 0 Å². The van der Waals surface area contributed by atoms with Crippen molar-refractivity contribution in [2.45, 2.75) is 27.7 Å². The molecule has 0 atom stereocenters. The van der Waals surface area contributed by atoms with E-state index in [-0.39, 0.29) is 0 Å². The van der Waals surface area contributed by atoms with Crippen molar-refractivity contribution in [2.75, 3.05) is 41.6 Å². The average Bonchev–Trinajstić information content (AvgIpc) is 2.73. The molecule has 0 aliphatic carbocycles. The van der Waals surface area contributed by atoms with Crippen molar-refractivity contribution in [1.82, 2.24) is 20.4 Å². The molecule has 8 heteroatoms. The van der Waals surface area contributed by atoms with Crippen molar-refractivity contribution in [3.63, 3.8) is 0 Å². The Kier molecular flexibility index (Phi) is 7.88. The number of rotatable bonds is 10. The first-order valence-corrected chi connectivity index (χ1v) is 9.55. The van der Waals surface area contributed by atoms with E-state index in [0.717, 1.165) is 25.2 Å². The second-order valence-corrected chi connectivity index (χ2v) is 6.02. The second kappa shape index (κ2) is 10.4. The van der Waals surface area contributed by atoms with Crippen molar-refractivity contribution in [3.8, 4) is 11.4 Å². The van der Waals surface area contributed by atoms with Crippen LogP contribution < -0.4 is 20.3 Å². The summed E-state index contributed by atoms with van der Waals surface area (Å²) in [6, 6.07) is 8.25. The van der Waals surface area contributed by atoms with E-state index in [0.29, 0.717) is 17.7 Å². The van der Waals surface area contributed by atoms with E-state index < -0.39 is 0 Å². The highest BCUT2D eigenvalue weighted by Gasteiger charge is 2.15. The second-order valence-electron chi connectivity index (χ2n) is 6.02. The number of anilines is 3. The van der Waals surface area contributed by atoms with E-state index >= 15 is 0 Å². The molecule has 0 bridgehead atoms. The molecule has 0 amide bonds. The monoisotopic (exact) mass is 382 g/mol. The quantitative estimate of drug-likeness (QED) is 0.499. The fourth-order valence-electron chi connectivity index (χ4n) is 2.77. The predicted molar refractivity (Wildman–Crippen MR) is 118 cm³/mol. The molecule has 1 N–H and O–H groups in total. The van der Waals surface area contributed by atoms with Gasteiger partial charge in [0.1, 0.15) is 0 Å². The summed E-state index contributed by atoms with van der Waals surface area (Å²) in [4.78, 5) is 16.0. The van der Waals surface area contributed by atoms with E-state index in [2.05, 4.69) is 63.1 Å². The van der Waals surface area contributed by atoms with Gasteiger partial charge in [-0.3, -0.25) is 5.01 Å². The molecule has 1 aromatic heterocycles. The molecule has 0 saturated carbocycles. The smallest absolute Gasteiger partial charge is 0.255 e. The molecular weight excluding hydrogens is 352 g/mol. The first-order chi connectivity index (χ1) is 13.6. The highest BCUT2D eigenvalue weighted by atomic mass is 15.6. The van der Waals surface area contributed by atoms with Gasteiger partial charge < -0.3 is 4.90 Å². The molecular formula is C20H30N8. The number of nitrogens with zero attached hydrogens (tertiary/aromatic N) is 7. The van der Waals surface area contributed by atoms with Crippen LogP contribution in [-0.2, 0) is 0 Å². The summed E-state index contributed by atoms with van der Waals surface area (Å²) < 4.78 is 0. The van der Waals surface area contributed by atoms with Gasteiger partial charge in [0.25, 0.3) is 5.95 Å². The lowest BCUT2D eigenvalue weighted by molar-refractivity contribution is 0.684. The Morgan fingerprint density at radius 3 is 2.21 bits per heavy atom. The molecule has 8 nitrogen and oxygen atoms in total. The fraction of sp³-hybridized carbons (Fsp3) is 0.400. The molecule has 28 heavy (non-hydrogen) atoms. The lowest BCUT2D eigenvalue weighted by atomic mass is 10.2. The summed E-state index contributed by atoms with van der Waals surface area (Å²) in [5, 5.41) is 7.29. The standard InChI is InChI=1S/C20H30N8/c1-7-15-28(21-5)20-24-18(23-19(25-20)26(6)22-8-2)16-11-13-17(14-12-16)27(9-3)10-4/h7,11-15,22H,5,8-10H2,1-4,6H3/b15-7-. The third-order valence-electron chi connectivity index (χ3n) is 4.21. The van der Waals surface area contributed by atoms with Crippen LogP contribution in [-0.4, -0.2) is 48.4 Å². The largest absolute Gasteiger partial charge is 0.372 e. The summed E-state index contributed by atoms with van der Waals surface area (Å²) in [5.74, 6) is 1.49. The molecule has 2 rings (SSSR count). The van der Waals surface area contributed by atoms with Gasteiger partial charge in [-0.25, -0.2) is 10.4 Å². The number of hydrazone groups is 1. The van der Waals surface area contributed by atoms with Crippen molar-refractivity contribution in [1.29, 1.82) is 0 Å². The van der Waals surface area contributed by atoms with Gasteiger partial charge in [-0.2, -0.15) is 20.1 Å². The molecule has 0 unspecified atom stereocenters. The SMILES string of the molecule is C=NN(/C=C\C)c1nc(-c2ccc(N(CC)CC)cc2)nc(N(C)NCC)n1. The minimum atomic E-state index is 0.408. The zero-order chi connectivity index (χ0) is 20.5. The molecule has 0 aliphatic rings. The van der Waals surface area contributed by atoms with Crippen molar-refractivity contribution >= 4 is 24.3 Å². The third-order valence-corrected chi connectivity index (χ3v) is 4.21. The topological polar surface area (TPSA) is 72.8 Å². The van der Waals surface area contributed by atoms with Crippen LogP contribution in [0.25, 0.3) is 11.4 Å². The maximum absolute atomic E-state index is 4.63. The van der Waals surface area contributed by atoms with Crippen molar-refractivity contribution in [2.24, 2.45) is 5.10 Å². The molecule has 0 fully saturated rings. The summed E-state index contributed by atoms with van der Waals surface area (Å²) in [5.41, 5.74) is 5.28. The van der Waals surface area contributed by atoms with Crippen LogP contribution >= 0.6 is 0 Å². The first kappa shape index (κ1) is 21.3. The number of hydrogen-bond donors (Lipinski definition) is 1. The summed E-state index contributed by atoms with van der Waals surface area (Å²) in [6.07, 6.45) is 3.61.